The van der Waals surface area contributed by atoms with E-state index in [2.05, 4.69) is 31.2 Å². The normalized spacial score (nSPS) is 11.7. The molecule has 4 nitrogen and oxygen atoms in total. The molecular weight excluding hydrogens is 267 g/mol. The predicted molar refractivity (Wildman–Crippen MR) is 84.4 cm³/mol. The number of nitrogens with one attached hydrogen (secondary N) is 1. The third-order valence-electron chi connectivity index (χ3n) is 3.23. The quantitative estimate of drug-likeness (QED) is 0.832. The molecule has 2 rings (SSSR count). The van der Waals surface area contributed by atoms with E-state index in [1.165, 1.54) is 12.1 Å². The number of anilines is 1. The van der Waals surface area contributed by atoms with Crippen LogP contribution in [0.4, 0.5) is 10.1 Å². The highest BCUT2D eigenvalue weighted by atomic mass is 19.1. The third-order valence-corrected chi connectivity index (χ3v) is 3.23. The summed E-state index contributed by atoms with van der Waals surface area (Å²) in [6, 6.07) is 6.48. The van der Waals surface area contributed by atoms with Gasteiger partial charge in [-0.15, -0.1) is 0 Å². The van der Waals surface area contributed by atoms with Crippen LogP contribution in [0, 0.1) is 5.82 Å². The lowest BCUT2D eigenvalue weighted by Gasteiger charge is -2.23. The molecule has 0 aliphatic carbocycles. The van der Waals surface area contributed by atoms with Crippen molar-refractivity contribution < 1.29 is 4.39 Å². The van der Waals surface area contributed by atoms with Gasteiger partial charge in [0.1, 0.15) is 5.82 Å². The highest BCUT2D eigenvalue weighted by Gasteiger charge is 2.24. The van der Waals surface area contributed by atoms with Crippen LogP contribution >= 0.6 is 0 Å². The molecule has 0 unspecified atom stereocenters. The Labute approximate surface area is 125 Å². The van der Waals surface area contributed by atoms with Gasteiger partial charge in [0.15, 0.2) is 0 Å². The average molecular weight is 290 g/mol. The smallest absolute Gasteiger partial charge is 0.125 e. The van der Waals surface area contributed by atoms with Crippen molar-refractivity contribution in [3.63, 3.8) is 0 Å². The molecular formula is C16H23FN4. The van der Waals surface area contributed by atoms with Crippen LogP contribution < -0.4 is 11.1 Å². The van der Waals surface area contributed by atoms with Gasteiger partial charge in [-0.2, -0.15) is 5.10 Å². The summed E-state index contributed by atoms with van der Waals surface area (Å²) in [5.74, 6) is -0.263. The largest absolute Gasteiger partial charge is 0.382 e. The fraction of sp³-hybridized carbons (Fsp3) is 0.438. The van der Waals surface area contributed by atoms with E-state index in [9.17, 15) is 4.39 Å². The van der Waals surface area contributed by atoms with Crippen molar-refractivity contribution in [3.05, 3.63) is 42.0 Å². The molecule has 0 amide bonds. The first-order valence-electron chi connectivity index (χ1n) is 7.22. The van der Waals surface area contributed by atoms with E-state index in [0.717, 1.165) is 30.0 Å². The van der Waals surface area contributed by atoms with Gasteiger partial charge in [-0.05, 0) is 31.2 Å². The lowest BCUT2D eigenvalue weighted by atomic mass is 9.91. The van der Waals surface area contributed by atoms with Crippen molar-refractivity contribution in [1.82, 2.24) is 9.78 Å². The van der Waals surface area contributed by atoms with Crippen molar-refractivity contribution in [1.29, 1.82) is 0 Å². The maximum atomic E-state index is 13.5. The average Bonchev–Trinajstić information content (AvgIpc) is 2.83. The molecule has 1 aromatic carbocycles. The second-order valence-corrected chi connectivity index (χ2v) is 6.12. The minimum Gasteiger partial charge on any atom is -0.382 e. The first kappa shape index (κ1) is 15.5. The first-order chi connectivity index (χ1) is 9.93. The molecule has 114 valence electrons. The number of halogens is 1. The molecule has 0 aliphatic heterocycles. The molecule has 0 spiro atoms. The molecule has 0 atom stereocenters. The number of hydrogen-bond acceptors (Lipinski definition) is 3. The van der Waals surface area contributed by atoms with Gasteiger partial charge in [-0.3, -0.25) is 0 Å². The number of nitrogens with zero attached hydrogens (tertiary/aromatic N) is 2. The Hall–Kier alpha value is -1.88. The summed E-state index contributed by atoms with van der Waals surface area (Å²) < 4.78 is 15.3. The number of hydrogen-bond donors (Lipinski definition) is 2. The monoisotopic (exact) mass is 290 g/mol. The molecule has 1 aromatic heterocycles. The van der Waals surface area contributed by atoms with Gasteiger partial charge in [-0.25, -0.2) is 9.07 Å². The summed E-state index contributed by atoms with van der Waals surface area (Å²) in [5.41, 5.74) is 8.14. The van der Waals surface area contributed by atoms with Crippen molar-refractivity contribution >= 4 is 5.69 Å². The SMILES string of the molecule is CC(C)(C)c1c(NCCCN)cnn1-c1cccc(F)c1. The van der Waals surface area contributed by atoms with E-state index >= 15 is 0 Å². The number of rotatable bonds is 5. The van der Waals surface area contributed by atoms with Crippen LogP contribution in [-0.4, -0.2) is 22.9 Å². The van der Waals surface area contributed by atoms with Crippen LogP contribution in [0.5, 0.6) is 0 Å². The van der Waals surface area contributed by atoms with Gasteiger partial charge in [-0.1, -0.05) is 26.8 Å². The second-order valence-electron chi connectivity index (χ2n) is 6.12. The van der Waals surface area contributed by atoms with Crippen LogP contribution in [0.15, 0.2) is 30.5 Å². The fourth-order valence-corrected chi connectivity index (χ4v) is 2.33. The van der Waals surface area contributed by atoms with E-state index < -0.39 is 0 Å². The molecule has 0 aliphatic rings. The highest BCUT2D eigenvalue weighted by Crippen LogP contribution is 2.31. The van der Waals surface area contributed by atoms with Crippen LogP contribution in [0.25, 0.3) is 5.69 Å². The van der Waals surface area contributed by atoms with Crippen molar-refractivity contribution in [2.75, 3.05) is 18.4 Å². The second kappa shape index (κ2) is 6.26. The molecule has 5 heteroatoms. The predicted octanol–water partition coefficient (Wildman–Crippen LogP) is 3.07. The summed E-state index contributed by atoms with van der Waals surface area (Å²) in [5, 5.41) is 7.80. The maximum Gasteiger partial charge on any atom is 0.125 e. The summed E-state index contributed by atoms with van der Waals surface area (Å²) in [6.45, 7) is 7.81. The number of nitrogens with two attached hydrogens (primary N) is 1. The van der Waals surface area contributed by atoms with Crippen LogP contribution in [0.2, 0.25) is 0 Å². The zero-order valence-electron chi connectivity index (χ0n) is 12.9. The van der Waals surface area contributed by atoms with Gasteiger partial charge in [0.05, 0.1) is 23.3 Å². The van der Waals surface area contributed by atoms with Gasteiger partial charge in [0, 0.05) is 12.0 Å². The molecule has 0 fully saturated rings. The summed E-state index contributed by atoms with van der Waals surface area (Å²) >= 11 is 0. The zero-order chi connectivity index (χ0) is 15.5. The van der Waals surface area contributed by atoms with E-state index in [4.69, 9.17) is 5.73 Å². The third kappa shape index (κ3) is 3.61. The van der Waals surface area contributed by atoms with Crippen molar-refractivity contribution in [2.45, 2.75) is 32.6 Å². The maximum absolute atomic E-state index is 13.5. The first-order valence-corrected chi connectivity index (χ1v) is 7.22. The topological polar surface area (TPSA) is 55.9 Å². The molecule has 0 saturated heterocycles. The van der Waals surface area contributed by atoms with Crippen molar-refractivity contribution in [2.24, 2.45) is 5.73 Å². The van der Waals surface area contributed by atoms with E-state index in [0.29, 0.717) is 6.54 Å². The minimum absolute atomic E-state index is 0.117. The van der Waals surface area contributed by atoms with E-state index in [1.54, 1.807) is 16.9 Å². The zero-order valence-corrected chi connectivity index (χ0v) is 12.9. The Morgan fingerprint density at radius 3 is 2.71 bits per heavy atom. The Morgan fingerprint density at radius 2 is 2.10 bits per heavy atom. The summed E-state index contributed by atoms with van der Waals surface area (Å²) in [4.78, 5) is 0. The Balaban J connectivity index is 2.42. The standard InChI is InChI=1S/C16H23FN4/c1-16(2,3)15-14(19-9-5-8-18)11-20-21(15)13-7-4-6-12(17)10-13/h4,6-7,10-11,19H,5,8-9,18H2,1-3H3. The molecule has 0 bridgehead atoms. The van der Waals surface area contributed by atoms with Crippen LogP contribution in [-0.2, 0) is 5.41 Å². The Kier molecular flexibility index (Phi) is 4.63. The summed E-state index contributed by atoms with van der Waals surface area (Å²) in [7, 11) is 0. The van der Waals surface area contributed by atoms with Gasteiger partial charge in [0.25, 0.3) is 0 Å². The molecule has 3 N–H and O–H groups in total. The molecule has 0 radical (unpaired) electrons. The number of benzene rings is 1. The number of aromatic nitrogens is 2. The Bertz CT molecular complexity index is 599. The van der Waals surface area contributed by atoms with Gasteiger partial charge in [0.2, 0.25) is 0 Å². The van der Waals surface area contributed by atoms with Crippen LogP contribution in [0.1, 0.15) is 32.9 Å². The minimum atomic E-state index is -0.263. The lowest BCUT2D eigenvalue weighted by Crippen LogP contribution is -2.20. The Morgan fingerprint density at radius 1 is 1.33 bits per heavy atom. The molecule has 21 heavy (non-hydrogen) atoms. The highest BCUT2D eigenvalue weighted by molar-refractivity contribution is 5.53. The van der Waals surface area contributed by atoms with E-state index in [1.807, 2.05) is 6.07 Å². The lowest BCUT2D eigenvalue weighted by molar-refractivity contribution is 0.543. The van der Waals surface area contributed by atoms with Gasteiger partial charge >= 0.3 is 0 Å². The van der Waals surface area contributed by atoms with Gasteiger partial charge < -0.3 is 11.1 Å². The fourth-order valence-electron chi connectivity index (χ4n) is 2.33. The molecule has 2 aromatic rings. The molecule has 0 saturated carbocycles. The van der Waals surface area contributed by atoms with Crippen molar-refractivity contribution in [3.8, 4) is 5.69 Å². The van der Waals surface area contributed by atoms with E-state index in [-0.39, 0.29) is 11.2 Å². The summed E-state index contributed by atoms with van der Waals surface area (Å²) in [6.07, 6.45) is 2.69. The molecule has 1 heterocycles. The van der Waals surface area contributed by atoms with Crippen LogP contribution in [0.3, 0.4) is 0 Å².